The Balaban J connectivity index is 3.01. The van der Waals surface area contributed by atoms with Crippen LogP contribution < -0.4 is 5.32 Å². The van der Waals surface area contributed by atoms with Crippen molar-refractivity contribution < 1.29 is 0 Å². The van der Waals surface area contributed by atoms with Crippen molar-refractivity contribution in [2.24, 2.45) is 13.0 Å². The van der Waals surface area contributed by atoms with Gasteiger partial charge >= 0.3 is 0 Å². The molecule has 1 rings (SSSR count). The summed E-state index contributed by atoms with van der Waals surface area (Å²) in [5, 5.41) is 7.67. The molecule has 0 atom stereocenters. The maximum atomic E-state index is 4.45. The molecule has 1 N–H and O–H groups in total. The number of nitrogens with zero attached hydrogens (tertiary/aromatic N) is 2. The zero-order valence-electron chi connectivity index (χ0n) is 11.0. The zero-order valence-corrected chi connectivity index (χ0v) is 11.0. The number of aryl methyl sites for hydroxylation is 2. The number of rotatable bonds is 5. The van der Waals surface area contributed by atoms with E-state index in [1.165, 1.54) is 16.8 Å². The molecule has 0 amide bonds. The van der Waals surface area contributed by atoms with Gasteiger partial charge in [-0.3, -0.25) is 4.68 Å². The molecular formula is C13H23N3. The highest BCUT2D eigenvalue weighted by Gasteiger charge is 2.07. The summed E-state index contributed by atoms with van der Waals surface area (Å²) in [4.78, 5) is 0. The second kappa shape index (κ2) is 5.85. The predicted molar refractivity (Wildman–Crippen MR) is 69.3 cm³/mol. The minimum absolute atomic E-state index is 0.567. The highest BCUT2D eigenvalue weighted by molar-refractivity contribution is 5.55. The van der Waals surface area contributed by atoms with Gasteiger partial charge in [0, 0.05) is 25.4 Å². The third-order valence-corrected chi connectivity index (χ3v) is 2.74. The van der Waals surface area contributed by atoms with Crippen LogP contribution in [0.4, 0.5) is 0 Å². The van der Waals surface area contributed by atoms with Gasteiger partial charge in [0.2, 0.25) is 0 Å². The summed E-state index contributed by atoms with van der Waals surface area (Å²) in [6.45, 7) is 7.54. The van der Waals surface area contributed by atoms with Gasteiger partial charge in [-0.25, -0.2) is 0 Å². The van der Waals surface area contributed by atoms with Crippen LogP contribution in [0.2, 0.25) is 0 Å². The van der Waals surface area contributed by atoms with E-state index in [1.807, 2.05) is 18.8 Å². The fourth-order valence-electron chi connectivity index (χ4n) is 1.77. The average molecular weight is 221 g/mol. The van der Waals surface area contributed by atoms with E-state index in [1.54, 1.807) is 0 Å². The first-order valence-electron chi connectivity index (χ1n) is 5.96. The lowest BCUT2D eigenvalue weighted by atomic mass is 10.00. The molecule has 0 bridgehead atoms. The standard InChI is InChI=1S/C13H23N3/c1-6-13-12(9-16(5)15-13)7-11(8-14-4)10(2)3/h7,9-10,14H,6,8H2,1-5H3/b11-7-. The molecule has 0 aliphatic rings. The number of hydrogen-bond acceptors (Lipinski definition) is 2. The third-order valence-electron chi connectivity index (χ3n) is 2.74. The Morgan fingerprint density at radius 3 is 2.75 bits per heavy atom. The number of aromatic nitrogens is 2. The Labute approximate surface area is 98.5 Å². The van der Waals surface area contributed by atoms with Crippen molar-refractivity contribution in [2.75, 3.05) is 13.6 Å². The van der Waals surface area contributed by atoms with E-state index in [-0.39, 0.29) is 0 Å². The molecule has 0 spiro atoms. The Bertz CT molecular complexity index is 361. The van der Waals surface area contributed by atoms with Crippen molar-refractivity contribution >= 4 is 6.08 Å². The minimum Gasteiger partial charge on any atom is -0.316 e. The van der Waals surface area contributed by atoms with Gasteiger partial charge in [0.1, 0.15) is 0 Å². The fraction of sp³-hybridized carbons (Fsp3) is 0.615. The summed E-state index contributed by atoms with van der Waals surface area (Å²) < 4.78 is 1.89. The van der Waals surface area contributed by atoms with E-state index in [0.29, 0.717) is 5.92 Å². The summed E-state index contributed by atoms with van der Waals surface area (Å²) in [5.74, 6) is 0.567. The van der Waals surface area contributed by atoms with E-state index in [2.05, 4.69) is 43.5 Å². The van der Waals surface area contributed by atoms with Crippen LogP contribution in [-0.4, -0.2) is 23.4 Å². The molecule has 0 saturated carbocycles. The lowest BCUT2D eigenvalue weighted by molar-refractivity contribution is 0.713. The van der Waals surface area contributed by atoms with E-state index >= 15 is 0 Å². The van der Waals surface area contributed by atoms with E-state index in [9.17, 15) is 0 Å². The van der Waals surface area contributed by atoms with Crippen molar-refractivity contribution in [1.29, 1.82) is 0 Å². The van der Waals surface area contributed by atoms with Crippen LogP contribution in [0, 0.1) is 5.92 Å². The first-order valence-corrected chi connectivity index (χ1v) is 5.96. The molecule has 0 radical (unpaired) electrons. The second-order valence-electron chi connectivity index (χ2n) is 4.46. The van der Waals surface area contributed by atoms with Gasteiger partial charge in [-0.05, 0) is 19.4 Å². The maximum Gasteiger partial charge on any atom is 0.0694 e. The van der Waals surface area contributed by atoms with Crippen LogP contribution >= 0.6 is 0 Å². The number of likely N-dealkylation sites (N-methyl/N-ethyl adjacent to an activating group) is 1. The highest BCUT2D eigenvalue weighted by atomic mass is 15.2. The topological polar surface area (TPSA) is 29.9 Å². The monoisotopic (exact) mass is 221 g/mol. The molecule has 0 fully saturated rings. The maximum absolute atomic E-state index is 4.45. The van der Waals surface area contributed by atoms with Gasteiger partial charge in [0.15, 0.2) is 0 Å². The van der Waals surface area contributed by atoms with Crippen molar-refractivity contribution in [3.05, 3.63) is 23.0 Å². The van der Waals surface area contributed by atoms with Gasteiger partial charge in [0.05, 0.1) is 5.69 Å². The van der Waals surface area contributed by atoms with Crippen molar-refractivity contribution in [1.82, 2.24) is 15.1 Å². The largest absolute Gasteiger partial charge is 0.316 e. The Hall–Kier alpha value is -1.09. The second-order valence-corrected chi connectivity index (χ2v) is 4.46. The van der Waals surface area contributed by atoms with Gasteiger partial charge in [-0.1, -0.05) is 32.4 Å². The Morgan fingerprint density at radius 2 is 2.25 bits per heavy atom. The molecule has 0 saturated heterocycles. The smallest absolute Gasteiger partial charge is 0.0694 e. The molecule has 0 aliphatic heterocycles. The molecule has 0 aromatic carbocycles. The normalized spacial score (nSPS) is 12.5. The lowest BCUT2D eigenvalue weighted by Crippen LogP contribution is -2.13. The molecule has 1 aromatic heterocycles. The third kappa shape index (κ3) is 3.20. The molecule has 1 heterocycles. The summed E-state index contributed by atoms with van der Waals surface area (Å²) in [7, 11) is 3.96. The fourth-order valence-corrected chi connectivity index (χ4v) is 1.77. The molecule has 3 nitrogen and oxygen atoms in total. The van der Waals surface area contributed by atoms with Gasteiger partial charge in [0.25, 0.3) is 0 Å². The van der Waals surface area contributed by atoms with Gasteiger partial charge in [-0.2, -0.15) is 5.10 Å². The first kappa shape index (κ1) is 13.0. The zero-order chi connectivity index (χ0) is 12.1. The Morgan fingerprint density at radius 1 is 1.56 bits per heavy atom. The van der Waals surface area contributed by atoms with Crippen LogP contribution in [0.1, 0.15) is 32.0 Å². The van der Waals surface area contributed by atoms with Crippen molar-refractivity contribution in [2.45, 2.75) is 27.2 Å². The van der Waals surface area contributed by atoms with Crippen LogP contribution in [0.15, 0.2) is 11.8 Å². The molecule has 3 heteroatoms. The van der Waals surface area contributed by atoms with Crippen LogP contribution in [-0.2, 0) is 13.5 Å². The van der Waals surface area contributed by atoms with Crippen molar-refractivity contribution in [3.8, 4) is 0 Å². The molecule has 0 unspecified atom stereocenters. The number of hydrogen-bond donors (Lipinski definition) is 1. The average Bonchev–Trinajstić information content (AvgIpc) is 2.58. The molecule has 0 aliphatic carbocycles. The summed E-state index contributed by atoms with van der Waals surface area (Å²) in [6, 6.07) is 0. The van der Waals surface area contributed by atoms with Gasteiger partial charge in [-0.15, -0.1) is 0 Å². The summed E-state index contributed by atoms with van der Waals surface area (Å²) in [6.07, 6.45) is 5.35. The Kier molecular flexibility index (Phi) is 4.74. The molecule has 90 valence electrons. The summed E-state index contributed by atoms with van der Waals surface area (Å²) in [5.41, 5.74) is 3.85. The first-order chi connectivity index (χ1) is 7.58. The predicted octanol–water partition coefficient (Wildman–Crippen LogP) is 2.24. The van der Waals surface area contributed by atoms with Crippen molar-refractivity contribution in [3.63, 3.8) is 0 Å². The van der Waals surface area contributed by atoms with E-state index in [0.717, 1.165) is 13.0 Å². The molecule has 16 heavy (non-hydrogen) atoms. The quantitative estimate of drug-likeness (QED) is 0.826. The van der Waals surface area contributed by atoms with E-state index < -0.39 is 0 Å². The molecular weight excluding hydrogens is 198 g/mol. The minimum atomic E-state index is 0.567. The van der Waals surface area contributed by atoms with E-state index in [4.69, 9.17) is 0 Å². The SMILES string of the molecule is CCc1nn(C)cc1/C=C(/CNC)C(C)C. The summed E-state index contributed by atoms with van der Waals surface area (Å²) >= 11 is 0. The van der Waals surface area contributed by atoms with Crippen LogP contribution in [0.5, 0.6) is 0 Å². The highest BCUT2D eigenvalue weighted by Crippen LogP contribution is 2.16. The van der Waals surface area contributed by atoms with Crippen LogP contribution in [0.3, 0.4) is 0 Å². The number of nitrogens with one attached hydrogen (secondary N) is 1. The molecule has 1 aromatic rings. The van der Waals surface area contributed by atoms with Crippen LogP contribution in [0.25, 0.3) is 6.08 Å². The lowest BCUT2D eigenvalue weighted by Gasteiger charge is -2.10. The van der Waals surface area contributed by atoms with Gasteiger partial charge < -0.3 is 5.32 Å².